The molecule has 5 heteroatoms. The Labute approximate surface area is 119 Å². The minimum Gasteiger partial charge on any atom is -0.383 e. The molecular weight excluding hydrogens is 262 g/mol. The van der Waals surface area contributed by atoms with Crippen molar-refractivity contribution in [3.8, 4) is 0 Å². The SMILES string of the molecule is CCN(CCOC)CCC(NC)c1cccc(F)c1F. The maximum atomic E-state index is 13.8. The number of nitrogens with one attached hydrogen (secondary N) is 1. The van der Waals surface area contributed by atoms with Gasteiger partial charge in [0.05, 0.1) is 6.61 Å². The number of ether oxygens (including phenoxy) is 1. The maximum absolute atomic E-state index is 13.8. The van der Waals surface area contributed by atoms with Gasteiger partial charge in [-0.05, 0) is 26.1 Å². The van der Waals surface area contributed by atoms with Gasteiger partial charge >= 0.3 is 0 Å². The molecule has 114 valence electrons. The lowest BCUT2D eigenvalue weighted by molar-refractivity contribution is 0.148. The molecule has 0 fully saturated rings. The van der Waals surface area contributed by atoms with Gasteiger partial charge in [0.2, 0.25) is 0 Å². The monoisotopic (exact) mass is 286 g/mol. The molecule has 1 aromatic rings. The summed E-state index contributed by atoms with van der Waals surface area (Å²) in [5.41, 5.74) is 0.385. The Morgan fingerprint density at radius 3 is 2.65 bits per heavy atom. The number of nitrogens with zero attached hydrogens (tertiary/aromatic N) is 1. The Bertz CT molecular complexity index is 401. The zero-order valence-corrected chi connectivity index (χ0v) is 12.5. The molecule has 0 radical (unpaired) electrons. The van der Waals surface area contributed by atoms with E-state index in [-0.39, 0.29) is 6.04 Å². The van der Waals surface area contributed by atoms with Gasteiger partial charge in [0.25, 0.3) is 0 Å². The van der Waals surface area contributed by atoms with Crippen LogP contribution in [0.5, 0.6) is 0 Å². The van der Waals surface area contributed by atoms with Crippen LogP contribution in [0.25, 0.3) is 0 Å². The molecular formula is C15H24F2N2O. The predicted molar refractivity (Wildman–Crippen MR) is 76.8 cm³/mol. The maximum Gasteiger partial charge on any atom is 0.163 e. The van der Waals surface area contributed by atoms with E-state index in [1.54, 1.807) is 26.3 Å². The zero-order chi connectivity index (χ0) is 15.0. The van der Waals surface area contributed by atoms with Crippen molar-refractivity contribution >= 4 is 0 Å². The molecule has 20 heavy (non-hydrogen) atoms. The predicted octanol–water partition coefficient (Wildman–Crippen LogP) is 2.58. The second-order valence-electron chi connectivity index (χ2n) is 4.70. The molecule has 0 saturated carbocycles. The first kappa shape index (κ1) is 17.0. The minimum atomic E-state index is -0.797. The van der Waals surface area contributed by atoms with Crippen molar-refractivity contribution in [2.45, 2.75) is 19.4 Å². The molecule has 0 aliphatic heterocycles. The van der Waals surface area contributed by atoms with E-state index in [9.17, 15) is 8.78 Å². The molecule has 1 aromatic carbocycles. The minimum absolute atomic E-state index is 0.192. The second kappa shape index (κ2) is 9.00. The lowest BCUT2D eigenvalue weighted by atomic mass is 10.0. The van der Waals surface area contributed by atoms with E-state index in [0.717, 1.165) is 25.7 Å². The van der Waals surface area contributed by atoms with Crippen LogP contribution in [0.4, 0.5) is 8.78 Å². The average Bonchev–Trinajstić information content (AvgIpc) is 2.46. The van der Waals surface area contributed by atoms with Crippen molar-refractivity contribution in [1.82, 2.24) is 10.2 Å². The molecule has 0 bridgehead atoms. The van der Waals surface area contributed by atoms with Crippen LogP contribution in [0.15, 0.2) is 18.2 Å². The van der Waals surface area contributed by atoms with E-state index in [4.69, 9.17) is 4.74 Å². The average molecular weight is 286 g/mol. The number of hydrogen-bond donors (Lipinski definition) is 1. The number of halogens is 2. The number of hydrogen-bond acceptors (Lipinski definition) is 3. The van der Waals surface area contributed by atoms with Crippen LogP contribution in [0.2, 0.25) is 0 Å². The van der Waals surface area contributed by atoms with Crippen molar-refractivity contribution in [3.63, 3.8) is 0 Å². The summed E-state index contributed by atoms with van der Waals surface area (Å²) in [6, 6.07) is 4.12. The number of benzene rings is 1. The fraction of sp³-hybridized carbons (Fsp3) is 0.600. The van der Waals surface area contributed by atoms with E-state index in [1.165, 1.54) is 0 Å². The smallest absolute Gasteiger partial charge is 0.163 e. The van der Waals surface area contributed by atoms with Gasteiger partial charge in [-0.1, -0.05) is 19.1 Å². The molecule has 0 amide bonds. The van der Waals surface area contributed by atoms with E-state index in [1.807, 2.05) is 0 Å². The molecule has 1 N–H and O–H groups in total. The summed E-state index contributed by atoms with van der Waals surface area (Å²) in [6.07, 6.45) is 0.717. The summed E-state index contributed by atoms with van der Waals surface area (Å²) in [7, 11) is 3.44. The molecule has 0 aromatic heterocycles. The van der Waals surface area contributed by atoms with Gasteiger partial charge in [-0.2, -0.15) is 0 Å². The molecule has 0 spiro atoms. The highest BCUT2D eigenvalue weighted by Crippen LogP contribution is 2.22. The third kappa shape index (κ3) is 4.81. The highest BCUT2D eigenvalue weighted by molar-refractivity contribution is 5.22. The standard InChI is InChI=1S/C15H24F2N2O/c1-4-19(10-11-20-3)9-8-14(18-2)12-6-5-7-13(16)15(12)17/h5-7,14,18H,4,8-11H2,1-3H3. The van der Waals surface area contributed by atoms with E-state index in [0.29, 0.717) is 18.6 Å². The zero-order valence-electron chi connectivity index (χ0n) is 12.5. The second-order valence-corrected chi connectivity index (χ2v) is 4.70. The van der Waals surface area contributed by atoms with Gasteiger partial charge in [-0.3, -0.25) is 0 Å². The van der Waals surface area contributed by atoms with Crippen LogP contribution in [0, 0.1) is 11.6 Å². The molecule has 0 aliphatic rings. The van der Waals surface area contributed by atoms with Crippen molar-refractivity contribution < 1.29 is 13.5 Å². The van der Waals surface area contributed by atoms with Crippen LogP contribution < -0.4 is 5.32 Å². The van der Waals surface area contributed by atoms with Crippen molar-refractivity contribution in [3.05, 3.63) is 35.4 Å². The fourth-order valence-corrected chi connectivity index (χ4v) is 2.21. The quantitative estimate of drug-likeness (QED) is 0.755. The largest absolute Gasteiger partial charge is 0.383 e. The third-order valence-electron chi connectivity index (χ3n) is 3.50. The Hall–Kier alpha value is -1.04. The Kier molecular flexibility index (Phi) is 7.65. The molecule has 0 saturated heterocycles. The van der Waals surface area contributed by atoms with Gasteiger partial charge in [-0.25, -0.2) is 8.78 Å². The molecule has 1 unspecified atom stereocenters. The molecule has 0 heterocycles. The fourth-order valence-electron chi connectivity index (χ4n) is 2.21. The lowest BCUT2D eigenvalue weighted by Gasteiger charge is -2.24. The molecule has 1 rings (SSSR count). The number of likely N-dealkylation sites (N-methyl/N-ethyl adjacent to an activating group) is 1. The summed E-state index contributed by atoms with van der Waals surface area (Å²) in [5.74, 6) is -1.55. The van der Waals surface area contributed by atoms with Crippen molar-refractivity contribution in [2.75, 3.05) is 40.4 Å². The van der Waals surface area contributed by atoms with Crippen LogP contribution in [-0.2, 0) is 4.74 Å². The van der Waals surface area contributed by atoms with Gasteiger partial charge in [0.15, 0.2) is 11.6 Å². The highest BCUT2D eigenvalue weighted by atomic mass is 19.2. The number of rotatable bonds is 9. The Morgan fingerprint density at radius 1 is 1.30 bits per heavy atom. The van der Waals surface area contributed by atoms with Crippen LogP contribution in [-0.4, -0.2) is 45.3 Å². The normalized spacial score (nSPS) is 12.9. The lowest BCUT2D eigenvalue weighted by Crippen LogP contribution is -2.31. The van der Waals surface area contributed by atoms with E-state index < -0.39 is 11.6 Å². The first-order chi connectivity index (χ1) is 9.63. The molecule has 0 aliphatic carbocycles. The summed E-state index contributed by atoms with van der Waals surface area (Å²) < 4.78 is 32.1. The summed E-state index contributed by atoms with van der Waals surface area (Å²) in [4.78, 5) is 2.23. The molecule has 1 atom stereocenters. The Balaban J connectivity index is 2.65. The summed E-state index contributed by atoms with van der Waals surface area (Å²) in [5, 5.41) is 3.06. The third-order valence-corrected chi connectivity index (χ3v) is 3.50. The van der Waals surface area contributed by atoms with Crippen LogP contribution in [0.1, 0.15) is 24.9 Å². The van der Waals surface area contributed by atoms with Crippen molar-refractivity contribution in [1.29, 1.82) is 0 Å². The van der Waals surface area contributed by atoms with Crippen molar-refractivity contribution in [2.24, 2.45) is 0 Å². The van der Waals surface area contributed by atoms with Crippen LogP contribution >= 0.6 is 0 Å². The van der Waals surface area contributed by atoms with Gasteiger partial charge < -0.3 is 15.0 Å². The topological polar surface area (TPSA) is 24.5 Å². The van der Waals surface area contributed by atoms with E-state index >= 15 is 0 Å². The van der Waals surface area contributed by atoms with E-state index in [2.05, 4.69) is 17.1 Å². The molecule has 3 nitrogen and oxygen atoms in total. The summed E-state index contributed by atoms with van der Waals surface area (Å²) >= 11 is 0. The first-order valence-corrected chi connectivity index (χ1v) is 6.96. The highest BCUT2D eigenvalue weighted by Gasteiger charge is 2.17. The Morgan fingerprint density at radius 2 is 2.05 bits per heavy atom. The van der Waals surface area contributed by atoms with Crippen LogP contribution in [0.3, 0.4) is 0 Å². The summed E-state index contributed by atoms with van der Waals surface area (Å²) in [6.45, 7) is 5.31. The van der Waals surface area contributed by atoms with Gasteiger partial charge in [0, 0.05) is 31.8 Å². The van der Waals surface area contributed by atoms with Gasteiger partial charge in [-0.15, -0.1) is 0 Å². The number of methoxy groups -OCH3 is 1. The first-order valence-electron chi connectivity index (χ1n) is 6.96. The van der Waals surface area contributed by atoms with Gasteiger partial charge in [0.1, 0.15) is 0 Å².